The van der Waals surface area contributed by atoms with Crippen LogP contribution in [0.5, 0.6) is 34.5 Å². The lowest BCUT2D eigenvalue weighted by atomic mass is 9.66. The molecule has 1 unspecified atom stereocenters. The Hall–Kier alpha value is -5.69. The Morgan fingerprint density at radius 2 is 1.72 bits per heavy atom. The molecule has 0 bridgehead atoms. The Kier molecular flexibility index (Phi) is 8.28. The molecule has 3 aromatic carbocycles. The third-order valence-corrected chi connectivity index (χ3v) is 11.0. The Balaban J connectivity index is 1.23. The van der Waals surface area contributed by atoms with E-state index in [4.69, 9.17) is 40.0 Å². The Bertz CT molecular complexity index is 2400. The Labute approximate surface area is 308 Å². The van der Waals surface area contributed by atoms with Crippen LogP contribution in [0.2, 0.25) is 5.02 Å². The monoisotopic (exact) mass is 741 g/mol. The number of ketones is 2. The third kappa shape index (κ3) is 5.12. The van der Waals surface area contributed by atoms with Gasteiger partial charge in [0, 0.05) is 49.1 Å². The minimum absolute atomic E-state index is 0.0193. The molecular weight excluding hydrogens is 706 g/mol. The fourth-order valence-corrected chi connectivity index (χ4v) is 8.22. The van der Waals surface area contributed by atoms with Crippen molar-refractivity contribution in [1.82, 2.24) is 9.55 Å². The zero-order valence-corrected chi connectivity index (χ0v) is 30.4. The summed E-state index contributed by atoms with van der Waals surface area (Å²) in [4.78, 5) is 58.8. The normalized spacial score (nSPS) is 20.9. The van der Waals surface area contributed by atoms with E-state index in [-0.39, 0.29) is 51.2 Å². The highest BCUT2D eigenvalue weighted by atomic mass is 35.5. The molecule has 1 spiro atoms. The lowest BCUT2D eigenvalue weighted by molar-refractivity contribution is -0.130. The van der Waals surface area contributed by atoms with Gasteiger partial charge < -0.3 is 33.7 Å². The number of allylic oxidation sites excluding steroid dienone is 1. The first kappa shape index (κ1) is 34.4. The van der Waals surface area contributed by atoms with Crippen molar-refractivity contribution in [3.8, 4) is 34.5 Å². The molecule has 4 heterocycles. The van der Waals surface area contributed by atoms with Crippen LogP contribution in [-0.4, -0.2) is 61.3 Å². The van der Waals surface area contributed by atoms with Gasteiger partial charge in [-0.2, -0.15) is 0 Å². The molecule has 0 amide bonds. The van der Waals surface area contributed by atoms with Crippen molar-refractivity contribution in [3.63, 3.8) is 0 Å². The van der Waals surface area contributed by atoms with Crippen molar-refractivity contribution in [2.75, 3.05) is 39.9 Å². The molecule has 274 valence electrons. The van der Waals surface area contributed by atoms with Gasteiger partial charge in [0.1, 0.15) is 33.7 Å². The number of aromatic amines is 1. The molecule has 14 heteroatoms. The van der Waals surface area contributed by atoms with Crippen molar-refractivity contribution < 1.29 is 38.0 Å². The zero-order valence-electron chi connectivity index (χ0n) is 29.6. The summed E-state index contributed by atoms with van der Waals surface area (Å²) >= 11 is 6.68. The summed E-state index contributed by atoms with van der Waals surface area (Å²) < 4.78 is 36.3. The molecule has 13 nitrogen and oxygen atoms in total. The highest BCUT2D eigenvalue weighted by molar-refractivity contribution is 6.36. The van der Waals surface area contributed by atoms with Gasteiger partial charge in [0.15, 0.2) is 17.2 Å². The van der Waals surface area contributed by atoms with Gasteiger partial charge in [0.2, 0.25) is 17.2 Å². The van der Waals surface area contributed by atoms with E-state index in [0.29, 0.717) is 42.4 Å². The number of methoxy groups -OCH3 is 3. The minimum Gasteiger partial charge on any atom is -0.496 e. The summed E-state index contributed by atoms with van der Waals surface area (Å²) in [6.07, 6.45) is 1.61. The predicted molar refractivity (Wildman–Crippen MR) is 194 cm³/mol. The van der Waals surface area contributed by atoms with E-state index in [0.717, 1.165) is 23.3 Å². The first-order chi connectivity index (χ1) is 25.5. The molecule has 0 fully saturated rings. The van der Waals surface area contributed by atoms with Gasteiger partial charge in [0.05, 0.1) is 40.1 Å². The fraction of sp³-hybridized carbons (Fsp3) is 0.333. The number of hydrogen-bond donors (Lipinski definition) is 2. The largest absolute Gasteiger partial charge is 0.496 e. The molecule has 53 heavy (non-hydrogen) atoms. The second-order valence-corrected chi connectivity index (χ2v) is 13.9. The molecule has 1 aliphatic carbocycles. The highest BCUT2D eigenvalue weighted by Crippen LogP contribution is 2.56. The summed E-state index contributed by atoms with van der Waals surface area (Å²) in [7, 11) is 5.86. The van der Waals surface area contributed by atoms with E-state index in [1.54, 1.807) is 25.1 Å². The predicted octanol–water partition coefficient (Wildman–Crippen LogP) is 4.74. The van der Waals surface area contributed by atoms with Gasteiger partial charge in [-0.15, -0.1) is 0 Å². The number of nitrogens with zero attached hydrogens (tertiary/aromatic N) is 1. The molecule has 4 aliphatic rings. The molecular formula is C39H36ClN3O10. The summed E-state index contributed by atoms with van der Waals surface area (Å²) in [6, 6.07) is 12.7. The number of anilines is 1. The lowest BCUT2D eigenvalue weighted by Gasteiger charge is -2.42. The summed E-state index contributed by atoms with van der Waals surface area (Å²) in [6.45, 7) is 2.71. The molecule has 0 saturated carbocycles. The number of fused-ring (bicyclic) bond motifs is 3. The summed E-state index contributed by atoms with van der Waals surface area (Å²) in [5, 5.41) is 3.23. The van der Waals surface area contributed by atoms with E-state index >= 15 is 4.79 Å². The van der Waals surface area contributed by atoms with Gasteiger partial charge in [-0.1, -0.05) is 36.7 Å². The van der Waals surface area contributed by atoms with E-state index in [1.165, 1.54) is 39.0 Å². The van der Waals surface area contributed by atoms with Gasteiger partial charge in [-0.25, -0.2) is 4.79 Å². The number of aromatic nitrogens is 2. The molecule has 0 radical (unpaired) electrons. The van der Waals surface area contributed by atoms with Crippen LogP contribution >= 0.6 is 11.6 Å². The zero-order chi connectivity index (χ0) is 37.3. The van der Waals surface area contributed by atoms with E-state index < -0.39 is 40.3 Å². The summed E-state index contributed by atoms with van der Waals surface area (Å²) in [5.41, 5.74) is 0.105. The lowest BCUT2D eigenvalue weighted by Crippen LogP contribution is -2.58. The first-order valence-corrected chi connectivity index (χ1v) is 17.5. The first-order valence-electron chi connectivity index (χ1n) is 17.1. The maximum Gasteiger partial charge on any atom is 0.329 e. The summed E-state index contributed by atoms with van der Waals surface area (Å²) in [5.74, 6) is -0.753. The maximum atomic E-state index is 15.2. The van der Waals surface area contributed by atoms with Gasteiger partial charge in [-0.3, -0.25) is 23.9 Å². The number of carbonyl (C=O) groups excluding carboxylic acids is 2. The second-order valence-electron chi connectivity index (χ2n) is 13.5. The number of carbonyl (C=O) groups is 2. The van der Waals surface area contributed by atoms with Gasteiger partial charge >= 0.3 is 5.69 Å². The number of halogens is 1. The quantitative estimate of drug-likeness (QED) is 0.241. The maximum absolute atomic E-state index is 15.2. The second kappa shape index (κ2) is 12.8. The molecule has 4 aromatic rings. The third-order valence-electron chi connectivity index (χ3n) is 10.7. The van der Waals surface area contributed by atoms with Crippen LogP contribution in [0.1, 0.15) is 51.9 Å². The van der Waals surface area contributed by atoms with Gasteiger partial charge in [-0.05, 0) is 41.3 Å². The van der Waals surface area contributed by atoms with Crippen LogP contribution in [0, 0.1) is 5.92 Å². The van der Waals surface area contributed by atoms with E-state index in [9.17, 15) is 14.4 Å². The number of ether oxygens (including phenoxy) is 6. The number of rotatable bonds is 8. The molecule has 2 N–H and O–H groups in total. The van der Waals surface area contributed by atoms with Gasteiger partial charge in [0.25, 0.3) is 5.56 Å². The van der Waals surface area contributed by atoms with Crippen molar-refractivity contribution in [1.29, 1.82) is 0 Å². The smallest absolute Gasteiger partial charge is 0.329 e. The number of nitrogens with one attached hydrogen (secondary N) is 2. The molecule has 3 atom stereocenters. The van der Waals surface area contributed by atoms with Crippen molar-refractivity contribution in [2.24, 2.45) is 13.0 Å². The van der Waals surface area contributed by atoms with Crippen LogP contribution in [0.4, 0.5) is 5.82 Å². The molecule has 1 aromatic heterocycles. The number of Topliss-reactive ketones (excluding diaryl/α,β-unsaturated/α-hetero) is 2. The van der Waals surface area contributed by atoms with E-state index in [1.807, 2.05) is 12.1 Å². The topological polar surface area (TPSA) is 156 Å². The van der Waals surface area contributed by atoms with Crippen LogP contribution in [0.15, 0.2) is 63.3 Å². The minimum atomic E-state index is -2.04. The van der Waals surface area contributed by atoms with Crippen molar-refractivity contribution in [3.05, 3.63) is 107 Å². The highest BCUT2D eigenvalue weighted by Gasteiger charge is 2.63. The number of benzene rings is 3. The van der Waals surface area contributed by atoms with E-state index in [2.05, 4.69) is 16.4 Å². The standard InChI is InChI=1S/C39H36ClN3O10/c1-18-14-22-29(34(44)39(18)35(45)30-26(49-4)17-27(50-5)32(40)33(30)53-39)28(31-36(41-22)43(2)38(47)42-37(31)46)21-7-9-24(48-3)25(16-21)52-12-10-19-6-8-23-20(15-19)11-13-51-23/h6-9,15-18,28,41H,10-14H2,1-5H3,(H,42,46,47)/t18-,28?,39+/m1/s1. The Morgan fingerprint density at radius 3 is 2.47 bits per heavy atom. The Morgan fingerprint density at radius 1 is 0.943 bits per heavy atom. The van der Waals surface area contributed by atoms with Crippen LogP contribution in [-0.2, 0) is 24.7 Å². The average molecular weight is 742 g/mol. The van der Waals surface area contributed by atoms with Crippen molar-refractivity contribution >= 4 is 29.0 Å². The molecule has 8 rings (SSSR count). The van der Waals surface area contributed by atoms with Crippen LogP contribution in [0.3, 0.4) is 0 Å². The number of H-pyrrole nitrogens is 1. The SMILES string of the molecule is COc1ccc(C2C3=C(C[C@@H](C)[C@]4(Oc5c(Cl)c(OC)cc(OC)c5C4=O)C3=O)Nc3c2c(=O)[nH]c(=O)n3C)cc1OCCc1ccc2c(c1)CCO2. The van der Waals surface area contributed by atoms with Crippen LogP contribution in [0.25, 0.3) is 0 Å². The van der Waals surface area contributed by atoms with Crippen molar-refractivity contribution in [2.45, 2.75) is 37.7 Å². The average Bonchev–Trinajstić information content (AvgIpc) is 3.75. The molecule has 3 aliphatic heterocycles. The fourth-order valence-electron chi connectivity index (χ4n) is 7.96. The number of hydrogen-bond acceptors (Lipinski definition) is 11. The molecule has 0 saturated heterocycles. The van der Waals surface area contributed by atoms with Crippen LogP contribution < -0.4 is 45.0 Å².